The molecular formula is C20H31ClN2O2Zr. The molecule has 0 aliphatic heterocycles. The molecular weight excluding hydrogens is 427 g/mol. The van der Waals surface area contributed by atoms with Crippen molar-refractivity contribution in [1.82, 2.24) is 6.52 Å². The van der Waals surface area contributed by atoms with Crippen molar-refractivity contribution in [2.75, 3.05) is 0 Å². The van der Waals surface area contributed by atoms with Gasteiger partial charge in [0, 0.05) is 0 Å². The summed E-state index contributed by atoms with van der Waals surface area (Å²) in [7, 11) is 0. The summed E-state index contributed by atoms with van der Waals surface area (Å²) < 4.78 is 9.00. The molecule has 0 radical (unpaired) electrons. The topological polar surface area (TPSA) is 58.2 Å². The van der Waals surface area contributed by atoms with Crippen molar-refractivity contribution in [2.24, 2.45) is 0 Å². The van der Waals surface area contributed by atoms with E-state index < -0.39 is 20.8 Å². The number of carbonyl (C=O) groups excluding carboxylic acids is 2. The van der Waals surface area contributed by atoms with Crippen LogP contribution in [0.2, 0.25) is 0 Å². The number of unbranched alkanes of at least 4 members (excludes halogenated alkanes) is 2. The van der Waals surface area contributed by atoms with E-state index in [4.69, 9.17) is 0 Å². The average molecular weight is 458 g/mol. The molecule has 0 bridgehead atoms. The maximum Gasteiger partial charge on any atom is -0.147 e. The molecule has 0 heterocycles. The van der Waals surface area contributed by atoms with Gasteiger partial charge in [0.05, 0.1) is 0 Å². The predicted octanol–water partition coefficient (Wildman–Crippen LogP) is 4.69. The Morgan fingerprint density at radius 2 is 1.31 bits per heavy atom. The number of amides is 2. The van der Waals surface area contributed by atoms with Crippen molar-refractivity contribution < 1.29 is 30.4 Å². The number of allylic oxidation sites excluding steroid dienone is 8. The summed E-state index contributed by atoms with van der Waals surface area (Å²) in [5, 5.41) is 0. The number of carbonyl (C=O) groups is 2. The molecule has 0 aromatic heterocycles. The van der Waals surface area contributed by atoms with Gasteiger partial charge in [0.15, 0.2) is 0 Å². The molecule has 2 aliphatic rings. The van der Waals surface area contributed by atoms with Crippen molar-refractivity contribution in [3.8, 4) is 0 Å². The predicted molar refractivity (Wildman–Crippen MR) is 106 cm³/mol. The van der Waals surface area contributed by atoms with Crippen molar-refractivity contribution >= 4 is 25.2 Å². The molecule has 2 N–H and O–H groups in total. The second-order valence-electron chi connectivity index (χ2n) is 6.70. The van der Waals surface area contributed by atoms with E-state index in [1.165, 1.54) is 17.7 Å². The van der Waals surface area contributed by atoms with Gasteiger partial charge in [0.1, 0.15) is 0 Å². The Morgan fingerprint density at radius 1 is 0.885 bits per heavy atom. The molecule has 0 atom stereocenters. The first-order valence-electron chi connectivity index (χ1n) is 9.44. The summed E-state index contributed by atoms with van der Waals surface area (Å²) in [6.45, 7) is 4.38. The van der Waals surface area contributed by atoms with Gasteiger partial charge < -0.3 is 0 Å². The third-order valence-electron chi connectivity index (χ3n) is 5.11. The minimum absolute atomic E-state index is 0. The summed E-state index contributed by atoms with van der Waals surface area (Å²) in [6, 6.07) is 0. The Labute approximate surface area is 168 Å². The van der Waals surface area contributed by atoms with Crippen LogP contribution in [-0.2, 0) is 30.4 Å². The van der Waals surface area contributed by atoms with Crippen LogP contribution >= 0.6 is 12.4 Å². The quantitative estimate of drug-likeness (QED) is 0.417. The van der Waals surface area contributed by atoms with Crippen LogP contribution in [0.4, 0.5) is 0 Å². The number of hydrogen-bond donors (Lipinski definition) is 2. The maximum absolute atomic E-state index is 11.5. The van der Waals surface area contributed by atoms with Crippen LogP contribution in [0.1, 0.15) is 65.2 Å². The molecule has 4 nitrogen and oxygen atoms in total. The zero-order valence-corrected chi connectivity index (χ0v) is 19.1. The van der Waals surface area contributed by atoms with E-state index in [9.17, 15) is 9.59 Å². The van der Waals surface area contributed by atoms with E-state index in [2.05, 4.69) is 44.7 Å². The second-order valence-corrected chi connectivity index (χ2v) is 14.8. The van der Waals surface area contributed by atoms with Gasteiger partial charge in [0.25, 0.3) is 0 Å². The fraction of sp³-hybridized carbons (Fsp3) is 0.500. The molecule has 2 rings (SSSR count). The summed E-state index contributed by atoms with van der Waals surface area (Å²) in [5.41, 5.74) is 2.66. The van der Waals surface area contributed by atoms with Crippen LogP contribution in [0.25, 0.3) is 0 Å². The first-order chi connectivity index (χ1) is 12.2. The van der Waals surface area contributed by atoms with E-state index in [0.29, 0.717) is 0 Å². The van der Waals surface area contributed by atoms with Gasteiger partial charge in [-0.05, 0) is 0 Å². The van der Waals surface area contributed by atoms with Crippen LogP contribution < -0.4 is 6.52 Å². The van der Waals surface area contributed by atoms with Gasteiger partial charge in [-0.25, -0.2) is 0 Å². The van der Waals surface area contributed by atoms with E-state index in [1.54, 1.807) is 0 Å². The third kappa shape index (κ3) is 5.07. The third-order valence-corrected chi connectivity index (χ3v) is 14.9. The Balaban J connectivity index is 0.00000338. The average Bonchev–Trinajstić information content (AvgIpc) is 3.27. The van der Waals surface area contributed by atoms with E-state index in [-0.39, 0.29) is 12.4 Å². The van der Waals surface area contributed by atoms with Crippen molar-refractivity contribution in [2.45, 2.75) is 65.2 Å². The maximum atomic E-state index is 11.5. The van der Waals surface area contributed by atoms with Gasteiger partial charge >= 0.3 is 157 Å². The van der Waals surface area contributed by atoms with Crippen molar-refractivity contribution in [3.05, 3.63) is 42.0 Å². The summed E-state index contributed by atoms with van der Waals surface area (Å²) in [5.74, 6) is 0. The van der Waals surface area contributed by atoms with Crippen molar-refractivity contribution in [3.63, 3.8) is 0 Å². The Hall–Kier alpha value is -0.927. The van der Waals surface area contributed by atoms with Crippen molar-refractivity contribution in [1.29, 1.82) is 0 Å². The largest absolute Gasteiger partial charge is 0.147 e. The standard InChI is InChI=1S/2C9H13.2CH3NO.ClH.Zr/c2*1-2-3-6-9-7-4-5-8-9;2*2-1-3;;/h2*4,7H,2-3,5-6H2,1H3;2*1H,(H2,2,3);1H;/q;;;;;+2/p-2. The van der Waals surface area contributed by atoms with Gasteiger partial charge in [-0.3, -0.25) is 0 Å². The fourth-order valence-corrected chi connectivity index (χ4v) is 13.0. The van der Waals surface area contributed by atoms with Crippen LogP contribution in [0.3, 0.4) is 0 Å². The molecule has 6 heteroatoms. The summed E-state index contributed by atoms with van der Waals surface area (Å²) >= 11 is -3.71. The minimum Gasteiger partial charge on any atom is -0.147 e. The first-order valence-corrected chi connectivity index (χ1v) is 14.4. The molecule has 0 aromatic carbocycles. The molecule has 2 aliphatic carbocycles. The molecule has 0 aromatic rings. The monoisotopic (exact) mass is 456 g/mol. The van der Waals surface area contributed by atoms with Gasteiger partial charge in [0.2, 0.25) is 0 Å². The number of halogens is 1. The Bertz CT molecular complexity index is 569. The molecule has 0 spiro atoms. The minimum atomic E-state index is -3.71. The zero-order valence-electron chi connectivity index (χ0n) is 15.8. The molecule has 0 saturated heterocycles. The Kier molecular flexibility index (Phi) is 10.4. The first kappa shape index (κ1) is 23.1. The normalized spacial score (nSPS) is 16.1. The summed E-state index contributed by atoms with van der Waals surface area (Å²) in [4.78, 5) is 23.1. The van der Waals surface area contributed by atoms with Crippen LogP contribution in [0, 0.1) is 0 Å². The van der Waals surface area contributed by atoms with E-state index >= 15 is 0 Å². The summed E-state index contributed by atoms with van der Waals surface area (Å²) in [6.07, 6.45) is 18.6. The fourth-order valence-electron chi connectivity index (χ4n) is 3.84. The smallest absolute Gasteiger partial charge is 0.147 e. The van der Waals surface area contributed by atoms with Gasteiger partial charge in [-0.2, -0.15) is 0 Å². The molecule has 144 valence electrons. The molecule has 0 saturated carbocycles. The SMILES string of the molecule is CCCCC1=[C]([Zr]([NH]C=O)([NH]C=O)[C]2=C(CCCC)C=CC2)CC=C1.Cl. The number of nitrogens with one attached hydrogen (secondary N) is 2. The number of hydrogen-bond acceptors (Lipinski definition) is 2. The van der Waals surface area contributed by atoms with E-state index in [1.807, 2.05) is 0 Å². The zero-order chi connectivity index (χ0) is 18.1. The van der Waals surface area contributed by atoms with Crippen LogP contribution in [-0.4, -0.2) is 12.8 Å². The molecule has 2 amide bonds. The van der Waals surface area contributed by atoms with Crippen LogP contribution in [0.5, 0.6) is 0 Å². The van der Waals surface area contributed by atoms with E-state index in [0.717, 1.165) is 64.2 Å². The molecule has 26 heavy (non-hydrogen) atoms. The van der Waals surface area contributed by atoms with Gasteiger partial charge in [-0.15, -0.1) is 12.4 Å². The second kappa shape index (κ2) is 11.7. The Morgan fingerprint density at radius 3 is 1.65 bits per heavy atom. The van der Waals surface area contributed by atoms with Gasteiger partial charge in [-0.1, -0.05) is 0 Å². The number of rotatable bonds is 12. The molecule has 0 fully saturated rings. The molecule has 0 unspecified atom stereocenters. The van der Waals surface area contributed by atoms with Crippen LogP contribution in [0.15, 0.2) is 42.0 Å².